The van der Waals surface area contributed by atoms with Crippen molar-refractivity contribution in [2.75, 3.05) is 44.6 Å². The fourth-order valence-corrected chi connectivity index (χ4v) is 4.96. The third-order valence-corrected chi connectivity index (χ3v) is 6.30. The third kappa shape index (κ3) is 4.68. The second kappa shape index (κ2) is 8.84. The van der Waals surface area contributed by atoms with Crippen molar-refractivity contribution in [1.82, 2.24) is 9.80 Å². The highest BCUT2D eigenvalue weighted by Crippen LogP contribution is 2.38. The predicted molar refractivity (Wildman–Crippen MR) is 104 cm³/mol. The van der Waals surface area contributed by atoms with Crippen molar-refractivity contribution in [2.45, 2.75) is 39.5 Å². The molecule has 148 valence electrons. The summed E-state index contributed by atoms with van der Waals surface area (Å²) in [5.74, 6) is -0.403. The van der Waals surface area contributed by atoms with Crippen molar-refractivity contribution >= 4 is 34.1 Å². The fourth-order valence-electron chi connectivity index (χ4n) is 3.66. The highest BCUT2D eigenvalue weighted by molar-refractivity contribution is 7.17. The molecule has 2 amide bonds. The van der Waals surface area contributed by atoms with Crippen LogP contribution < -0.4 is 5.32 Å². The van der Waals surface area contributed by atoms with Crippen molar-refractivity contribution in [2.24, 2.45) is 0 Å². The zero-order chi connectivity index (χ0) is 19.4. The Balaban J connectivity index is 1.66. The summed E-state index contributed by atoms with van der Waals surface area (Å²) in [6, 6.07) is 0. The lowest BCUT2D eigenvalue weighted by Crippen LogP contribution is -2.49. The highest BCUT2D eigenvalue weighted by Gasteiger charge is 2.28. The first-order valence-corrected chi connectivity index (χ1v) is 10.4. The van der Waals surface area contributed by atoms with E-state index in [2.05, 4.69) is 5.32 Å². The standard InChI is InChI=1S/C19H27N3O4S/c1-3-26-19(25)17-14-6-4-5-7-15(14)27-18(17)20-16(24)12-21-8-10-22(11-9-21)13(2)23/h3-12H2,1-2H3,(H,20,24). The molecule has 0 saturated carbocycles. The zero-order valence-electron chi connectivity index (χ0n) is 16.0. The van der Waals surface area contributed by atoms with Gasteiger partial charge in [-0.2, -0.15) is 0 Å². The summed E-state index contributed by atoms with van der Waals surface area (Å²) in [4.78, 5) is 41.4. The number of anilines is 1. The molecule has 1 aliphatic heterocycles. The van der Waals surface area contributed by atoms with Gasteiger partial charge in [-0.1, -0.05) is 0 Å². The lowest BCUT2D eigenvalue weighted by atomic mass is 9.95. The monoisotopic (exact) mass is 393 g/mol. The first-order valence-electron chi connectivity index (χ1n) is 9.59. The zero-order valence-corrected chi connectivity index (χ0v) is 16.8. The number of amides is 2. The van der Waals surface area contributed by atoms with E-state index in [4.69, 9.17) is 4.74 Å². The molecule has 0 unspecified atom stereocenters. The third-order valence-electron chi connectivity index (χ3n) is 5.09. The van der Waals surface area contributed by atoms with E-state index in [0.717, 1.165) is 31.2 Å². The lowest BCUT2D eigenvalue weighted by molar-refractivity contribution is -0.130. The molecular weight excluding hydrogens is 366 g/mol. The Bertz CT molecular complexity index is 723. The largest absolute Gasteiger partial charge is 0.462 e. The van der Waals surface area contributed by atoms with Gasteiger partial charge in [0.15, 0.2) is 0 Å². The van der Waals surface area contributed by atoms with E-state index in [1.165, 1.54) is 16.2 Å². The van der Waals surface area contributed by atoms with Crippen molar-refractivity contribution in [3.63, 3.8) is 0 Å². The summed E-state index contributed by atoms with van der Waals surface area (Å²) >= 11 is 1.51. The number of esters is 1. The van der Waals surface area contributed by atoms with Crippen LogP contribution in [0.4, 0.5) is 5.00 Å². The summed E-state index contributed by atoms with van der Waals surface area (Å²) in [7, 11) is 0. The van der Waals surface area contributed by atoms with E-state index in [0.29, 0.717) is 43.4 Å². The average Bonchev–Trinajstić information content (AvgIpc) is 3.00. The number of nitrogens with one attached hydrogen (secondary N) is 1. The Labute approximate surface area is 163 Å². The minimum absolute atomic E-state index is 0.0716. The van der Waals surface area contributed by atoms with Crippen LogP contribution in [-0.2, 0) is 27.2 Å². The quantitative estimate of drug-likeness (QED) is 0.773. The number of thiophene rings is 1. The summed E-state index contributed by atoms with van der Waals surface area (Å²) < 4.78 is 5.23. The van der Waals surface area contributed by atoms with Crippen LogP contribution in [0.3, 0.4) is 0 Å². The highest BCUT2D eigenvalue weighted by atomic mass is 32.1. The van der Waals surface area contributed by atoms with Crippen LogP contribution in [0.1, 0.15) is 47.5 Å². The van der Waals surface area contributed by atoms with E-state index in [9.17, 15) is 14.4 Å². The van der Waals surface area contributed by atoms with Gasteiger partial charge in [-0.3, -0.25) is 14.5 Å². The normalized spacial score (nSPS) is 17.3. The molecule has 0 radical (unpaired) electrons. The molecule has 2 heterocycles. The van der Waals surface area contributed by atoms with Crippen molar-refractivity contribution in [3.05, 3.63) is 16.0 Å². The average molecular weight is 394 g/mol. The van der Waals surface area contributed by atoms with E-state index >= 15 is 0 Å². The molecule has 8 heteroatoms. The molecule has 0 atom stereocenters. The van der Waals surface area contributed by atoms with Gasteiger partial charge in [0.25, 0.3) is 0 Å². The summed E-state index contributed by atoms with van der Waals surface area (Å²) in [5, 5.41) is 3.56. The van der Waals surface area contributed by atoms with Gasteiger partial charge in [0, 0.05) is 38.0 Å². The maximum Gasteiger partial charge on any atom is 0.341 e. The molecule has 1 aromatic rings. The number of carbonyl (C=O) groups excluding carboxylic acids is 3. The summed E-state index contributed by atoms with van der Waals surface area (Å²) in [6.07, 6.45) is 3.99. The second-order valence-electron chi connectivity index (χ2n) is 6.97. The second-order valence-corrected chi connectivity index (χ2v) is 8.07. The Morgan fingerprint density at radius 1 is 1.11 bits per heavy atom. The van der Waals surface area contributed by atoms with Gasteiger partial charge in [0.2, 0.25) is 11.8 Å². The molecule has 27 heavy (non-hydrogen) atoms. The van der Waals surface area contributed by atoms with Gasteiger partial charge in [-0.05, 0) is 38.2 Å². The van der Waals surface area contributed by atoms with Crippen LogP contribution in [0.25, 0.3) is 0 Å². The lowest BCUT2D eigenvalue weighted by Gasteiger charge is -2.33. The molecule has 1 saturated heterocycles. The number of hydrogen-bond acceptors (Lipinski definition) is 6. The topological polar surface area (TPSA) is 79.0 Å². The number of aryl methyl sites for hydroxylation is 1. The molecule has 3 rings (SSSR count). The van der Waals surface area contributed by atoms with E-state index in [-0.39, 0.29) is 24.3 Å². The molecule has 1 aliphatic carbocycles. The Morgan fingerprint density at radius 3 is 2.48 bits per heavy atom. The number of piperazine rings is 1. The minimum atomic E-state index is -0.345. The molecule has 1 fully saturated rings. The summed E-state index contributed by atoms with van der Waals surface area (Å²) in [5.41, 5.74) is 1.60. The molecule has 1 aromatic heterocycles. The van der Waals surface area contributed by atoms with Crippen LogP contribution in [0.15, 0.2) is 0 Å². The molecule has 0 bridgehead atoms. The van der Waals surface area contributed by atoms with Gasteiger partial charge in [0.05, 0.1) is 18.7 Å². The van der Waals surface area contributed by atoms with Crippen LogP contribution in [0.2, 0.25) is 0 Å². The molecule has 0 spiro atoms. The fraction of sp³-hybridized carbons (Fsp3) is 0.632. The maximum absolute atomic E-state index is 12.6. The van der Waals surface area contributed by atoms with Gasteiger partial charge in [-0.25, -0.2) is 4.79 Å². The van der Waals surface area contributed by atoms with E-state index in [1.807, 2.05) is 4.90 Å². The number of ether oxygens (including phenoxy) is 1. The van der Waals surface area contributed by atoms with Crippen molar-refractivity contribution in [1.29, 1.82) is 0 Å². The molecule has 0 aromatic carbocycles. The van der Waals surface area contributed by atoms with Gasteiger partial charge in [0.1, 0.15) is 5.00 Å². The SMILES string of the molecule is CCOC(=O)c1c(NC(=O)CN2CCN(C(C)=O)CC2)sc2c1CCCC2. The number of fused-ring (bicyclic) bond motifs is 1. The Kier molecular flexibility index (Phi) is 6.49. The van der Waals surface area contributed by atoms with Crippen LogP contribution in [0, 0.1) is 0 Å². The van der Waals surface area contributed by atoms with Gasteiger partial charge in [-0.15, -0.1) is 11.3 Å². The van der Waals surface area contributed by atoms with E-state index in [1.54, 1.807) is 18.7 Å². The summed E-state index contributed by atoms with van der Waals surface area (Å²) in [6.45, 7) is 6.58. The van der Waals surface area contributed by atoms with E-state index < -0.39 is 0 Å². The number of hydrogen-bond donors (Lipinski definition) is 1. The molecular formula is C19H27N3O4S. The van der Waals surface area contributed by atoms with Crippen molar-refractivity contribution in [3.8, 4) is 0 Å². The van der Waals surface area contributed by atoms with Crippen LogP contribution in [0.5, 0.6) is 0 Å². The smallest absolute Gasteiger partial charge is 0.341 e. The minimum Gasteiger partial charge on any atom is -0.462 e. The number of nitrogens with zero attached hydrogens (tertiary/aromatic N) is 2. The Hall–Kier alpha value is -1.93. The predicted octanol–water partition coefficient (Wildman–Crippen LogP) is 1.91. The van der Waals surface area contributed by atoms with Gasteiger partial charge >= 0.3 is 5.97 Å². The molecule has 2 aliphatic rings. The first kappa shape index (κ1) is 19.8. The number of rotatable bonds is 5. The molecule has 1 N–H and O–H groups in total. The van der Waals surface area contributed by atoms with Crippen molar-refractivity contribution < 1.29 is 19.1 Å². The van der Waals surface area contributed by atoms with Crippen LogP contribution in [-0.4, -0.2) is 66.9 Å². The van der Waals surface area contributed by atoms with Crippen LogP contribution >= 0.6 is 11.3 Å². The Morgan fingerprint density at radius 2 is 1.81 bits per heavy atom. The first-order chi connectivity index (χ1) is 13.0. The number of carbonyl (C=O) groups is 3. The molecule has 7 nitrogen and oxygen atoms in total. The van der Waals surface area contributed by atoms with Gasteiger partial charge < -0.3 is 15.0 Å². The maximum atomic E-state index is 12.6.